The lowest BCUT2D eigenvalue weighted by atomic mass is 9.99. The molecule has 3 heteroatoms. The topological polar surface area (TPSA) is 59.0 Å². The molecule has 0 aliphatic carbocycles. The molecule has 2 aromatic rings. The molecule has 0 spiro atoms. The molecule has 1 unspecified atom stereocenters. The Kier molecular flexibility index (Phi) is 4.27. The zero-order chi connectivity index (χ0) is 14.5. The van der Waals surface area contributed by atoms with Crippen molar-refractivity contribution in [1.29, 1.82) is 5.26 Å². The second kappa shape index (κ2) is 6.12. The molecule has 0 aromatic heterocycles. The molecule has 2 N–H and O–H groups in total. The molecule has 0 heterocycles. The molecule has 0 saturated carbocycles. The summed E-state index contributed by atoms with van der Waals surface area (Å²) in [5.74, 6) is 1.77. The van der Waals surface area contributed by atoms with Crippen molar-refractivity contribution < 1.29 is 4.74 Å². The maximum Gasteiger partial charge on any atom is 0.151 e. The molecule has 0 amide bonds. The number of hydrogen-bond acceptors (Lipinski definition) is 3. The van der Waals surface area contributed by atoms with E-state index >= 15 is 0 Å². The minimum atomic E-state index is 0.514. The number of ether oxygens (including phenoxy) is 1. The van der Waals surface area contributed by atoms with E-state index < -0.39 is 0 Å². The zero-order valence-corrected chi connectivity index (χ0v) is 11.8. The molecular formula is C17H18N2O. The Morgan fingerprint density at radius 1 is 1.20 bits per heavy atom. The van der Waals surface area contributed by atoms with Crippen LogP contribution in [0.5, 0.6) is 11.5 Å². The summed E-state index contributed by atoms with van der Waals surface area (Å²) in [6.07, 6.45) is 1.11. The van der Waals surface area contributed by atoms with Gasteiger partial charge in [0.25, 0.3) is 0 Å². The number of anilines is 1. The first kappa shape index (κ1) is 14.0. The molecule has 20 heavy (non-hydrogen) atoms. The highest BCUT2D eigenvalue weighted by Gasteiger charge is 2.06. The van der Waals surface area contributed by atoms with Crippen molar-refractivity contribution in [3.05, 3.63) is 53.6 Å². The van der Waals surface area contributed by atoms with E-state index in [1.54, 1.807) is 18.2 Å². The highest BCUT2D eigenvalue weighted by atomic mass is 16.5. The summed E-state index contributed by atoms with van der Waals surface area (Å²) < 4.78 is 5.74. The Balaban J connectivity index is 2.20. The third-order valence-corrected chi connectivity index (χ3v) is 3.43. The highest BCUT2D eigenvalue weighted by Crippen LogP contribution is 2.29. The lowest BCUT2D eigenvalue weighted by Gasteiger charge is -2.11. The maximum atomic E-state index is 8.90. The zero-order valence-electron chi connectivity index (χ0n) is 11.8. The lowest BCUT2D eigenvalue weighted by Crippen LogP contribution is -1.94. The minimum absolute atomic E-state index is 0.514. The predicted molar refractivity (Wildman–Crippen MR) is 80.8 cm³/mol. The molecule has 0 radical (unpaired) electrons. The second-order valence-electron chi connectivity index (χ2n) is 4.84. The van der Waals surface area contributed by atoms with Gasteiger partial charge < -0.3 is 10.5 Å². The third-order valence-electron chi connectivity index (χ3n) is 3.43. The van der Waals surface area contributed by atoms with Crippen LogP contribution >= 0.6 is 0 Å². The SMILES string of the molecule is CCC(C)c1ccc(Oc2cc(C#N)ccc2N)cc1. The number of rotatable bonds is 4. The van der Waals surface area contributed by atoms with Gasteiger partial charge in [0, 0.05) is 6.07 Å². The Labute approximate surface area is 119 Å². The predicted octanol–water partition coefficient (Wildman–Crippen LogP) is 4.45. The summed E-state index contributed by atoms with van der Waals surface area (Å²) in [6.45, 7) is 4.37. The number of nitrogens with two attached hydrogens (primary N) is 1. The molecule has 3 nitrogen and oxygen atoms in total. The first-order valence-corrected chi connectivity index (χ1v) is 6.71. The van der Waals surface area contributed by atoms with E-state index in [2.05, 4.69) is 32.0 Å². The van der Waals surface area contributed by atoms with Crippen molar-refractivity contribution in [2.24, 2.45) is 0 Å². The summed E-state index contributed by atoms with van der Waals surface area (Å²) in [5, 5.41) is 8.90. The number of nitrogen functional groups attached to an aromatic ring is 1. The molecular weight excluding hydrogens is 248 g/mol. The fourth-order valence-corrected chi connectivity index (χ4v) is 1.92. The van der Waals surface area contributed by atoms with Crippen molar-refractivity contribution in [3.8, 4) is 17.6 Å². The molecule has 0 fully saturated rings. The molecule has 102 valence electrons. The van der Waals surface area contributed by atoms with E-state index in [1.807, 2.05) is 12.1 Å². The van der Waals surface area contributed by atoms with Gasteiger partial charge in [0.2, 0.25) is 0 Å². The van der Waals surface area contributed by atoms with Crippen molar-refractivity contribution in [3.63, 3.8) is 0 Å². The molecule has 0 saturated heterocycles. The van der Waals surface area contributed by atoms with Crippen LogP contribution < -0.4 is 10.5 Å². The maximum absolute atomic E-state index is 8.90. The minimum Gasteiger partial charge on any atom is -0.455 e. The first-order chi connectivity index (χ1) is 9.63. The largest absolute Gasteiger partial charge is 0.455 e. The smallest absolute Gasteiger partial charge is 0.151 e. The van der Waals surface area contributed by atoms with Crippen LogP contribution in [0.1, 0.15) is 37.3 Å². The van der Waals surface area contributed by atoms with Gasteiger partial charge in [-0.2, -0.15) is 5.26 Å². The molecule has 2 aromatic carbocycles. The number of nitriles is 1. The second-order valence-corrected chi connectivity index (χ2v) is 4.84. The Bertz CT molecular complexity index is 626. The first-order valence-electron chi connectivity index (χ1n) is 6.71. The third kappa shape index (κ3) is 3.10. The average molecular weight is 266 g/mol. The van der Waals surface area contributed by atoms with Crippen LogP contribution in [0.2, 0.25) is 0 Å². The molecule has 0 aliphatic heterocycles. The molecule has 0 bridgehead atoms. The van der Waals surface area contributed by atoms with Gasteiger partial charge in [-0.05, 0) is 42.2 Å². The van der Waals surface area contributed by atoms with Gasteiger partial charge in [-0.25, -0.2) is 0 Å². The quantitative estimate of drug-likeness (QED) is 0.832. The molecule has 0 aliphatic rings. The van der Waals surface area contributed by atoms with Crippen molar-refractivity contribution >= 4 is 5.69 Å². The summed E-state index contributed by atoms with van der Waals surface area (Å²) in [6, 6.07) is 15.1. The van der Waals surface area contributed by atoms with Gasteiger partial charge in [0.1, 0.15) is 5.75 Å². The summed E-state index contributed by atoms with van der Waals surface area (Å²) in [7, 11) is 0. The van der Waals surface area contributed by atoms with Crippen molar-refractivity contribution in [2.45, 2.75) is 26.2 Å². The van der Waals surface area contributed by atoms with E-state index in [1.165, 1.54) is 5.56 Å². The van der Waals surface area contributed by atoms with Crippen molar-refractivity contribution in [1.82, 2.24) is 0 Å². The Morgan fingerprint density at radius 2 is 1.90 bits per heavy atom. The van der Waals surface area contributed by atoms with Crippen LogP contribution in [-0.2, 0) is 0 Å². The van der Waals surface area contributed by atoms with Crippen LogP contribution in [0.25, 0.3) is 0 Å². The number of hydrogen-bond donors (Lipinski definition) is 1. The van der Waals surface area contributed by atoms with Gasteiger partial charge in [-0.1, -0.05) is 26.0 Å². The standard InChI is InChI=1S/C17H18N2O/c1-3-12(2)14-5-7-15(8-6-14)20-17-10-13(11-18)4-9-16(17)19/h4-10,12H,3,19H2,1-2H3. The van der Waals surface area contributed by atoms with Gasteiger partial charge in [-0.3, -0.25) is 0 Å². The van der Waals surface area contributed by atoms with E-state index in [9.17, 15) is 0 Å². The van der Waals surface area contributed by atoms with E-state index in [4.69, 9.17) is 15.7 Å². The van der Waals surface area contributed by atoms with Gasteiger partial charge in [0.05, 0.1) is 17.3 Å². The summed E-state index contributed by atoms with van der Waals surface area (Å²) in [4.78, 5) is 0. The fourth-order valence-electron chi connectivity index (χ4n) is 1.92. The average Bonchev–Trinajstić information content (AvgIpc) is 2.49. The van der Waals surface area contributed by atoms with Gasteiger partial charge >= 0.3 is 0 Å². The van der Waals surface area contributed by atoms with Gasteiger partial charge in [-0.15, -0.1) is 0 Å². The normalized spacial score (nSPS) is 11.7. The fraction of sp³-hybridized carbons (Fsp3) is 0.235. The van der Waals surface area contributed by atoms with Crippen LogP contribution in [0.4, 0.5) is 5.69 Å². The van der Waals surface area contributed by atoms with Gasteiger partial charge in [0.15, 0.2) is 5.75 Å². The van der Waals surface area contributed by atoms with E-state index in [-0.39, 0.29) is 0 Å². The Hall–Kier alpha value is -2.47. The van der Waals surface area contributed by atoms with Crippen LogP contribution in [0.3, 0.4) is 0 Å². The Morgan fingerprint density at radius 3 is 2.50 bits per heavy atom. The van der Waals surface area contributed by atoms with E-state index in [0.717, 1.165) is 12.2 Å². The number of benzene rings is 2. The monoisotopic (exact) mass is 266 g/mol. The van der Waals surface area contributed by atoms with Crippen LogP contribution in [0.15, 0.2) is 42.5 Å². The van der Waals surface area contributed by atoms with Crippen LogP contribution in [0, 0.1) is 11.3 Å². The summed E-state index contributed by atoms with van der Waals surface area (Å²) in [5.41, 5.74) is 8.20. The summed E-state index contributed by atoms with van der Waals surface area (Å²) >= 11 is 0. The van der Waals surface area contributed by atoms with E-state index in [0.29, 0.717) is 22.9 Å². The molecule has 1 atom stereocenters. The number of nitrogens with zero attached hydrogens (tertiary/aromatic N) is 1. The molecule has 2 rings (SSSR count). The highest BCUT2D eigenvalue weighted by molar-refractivity contribution is 5.57. The van der Waals surface area contributed by atoms with Crippen molar-refractivity contribution in [2.75, 3.05) is 5.73 Å². The lowest BCUT2D eigenvalue weighted by molar-refractivity contribution is 0.484. The van der Waals surface area contributed by atoms with Crippen LogP contribution in [-0.4, -0.2) is 0 Å².